The van der Waals surface area contributed by atoms with Crippen LogP contribution in [0, 0.1) is 0 Å². The normalized spacial score (nSPS) is 21.2. The second-order valence-electron chi connectivity index (χ2n) is 7.22. The second-order valence-corrected chi connectivity index (χ2v) is 8.22. The highest BCUT2D eigenvalue weighted by Crippen LogP contribution is 2.35. The van der Waals surface area contributed by atoms with Crippen LogP contribution < -0.4 is 10.5 Å². The Balaban J connectivity index is 1.55. The topological polar surface area (TPSA) is 94.2 Å². The maximum Gasteiger partial charge on any atom is 0.266 e. The Morgan fingerprint density at radius 2 is 2.00 bits per heavy atom. The van der Waals surface area contributed by atoms with E-state index < -0.39 is 5.91 Å². The van der Waals surface area contributed by atoms with Crippen molar-refractivity contribution < 1.29 is 19.1 Å². The van der Waals surface area contributed by atoms with E-state index >= 15 is 0 Å². The first-order valence-electron chi connectivity index (χ1n) is 10.1. The summed E-state index contributed by atoms with van der Waals surface area (Å²) in [6.07, 6.45) is 3.82. The summed E-state index contributed by atoms with van der Waals surface area (Å²) >= 11 is 1.36. The van der Waals surface area contributed by atoms with Gasteiger partial charge in [0.05, 0.1) is 23.2 Å². The highest BCUT2D eigenvalue weighted by Gasteiger charge is 2.35. The van der Waals surface area contributed by atoms with Crippen molar-refractivity contribution in [3.05, 3.63) is 65.1 Å². The van der Waals surface area contributed by atoms with E-state index in [1.807, 2.05) is 48.5 Å². The highest BCUT2D eigenvalue weighted by molar-refractivity contribution is 8.18. The lowest BCUT2D eigenvalue weighted by Gasteiger charge is -2.19. The Labute approximate surface area is 184 Å². The average molecular weight is 438 g/mol. The quantitative estimate of drug-likeness (QED) is 0.671. The van der Waals surface area contributed by atoms with Crippen molar-refractivity contribution in [3.8, 4) is 5.75 Å². The van der Waals surface area contributed by atoms with Crippen LogP contribution >= 0.6 is 11.8 Å². The first-order chi connectivity index (χ1) is 15.1. The van der Waals surface area contributed by atoms with Crippen LogP contribution in [0.4, 0.5) is 5.69 Å². The summed E-state index contributed by atoms with van der Waals surface area (Å²) in [4.78, 5) is 31.0. The van der Waals surface area contributed by atoms with Crippen molar-refractivity contribution in [2.45, 2.75) is 18.9 Å². The van der Waals surface area contributed by atoms with Crippen LogP contribution in [0.25, 0.3) is 6.08 Å². The van der Waals surface area contributed by atoms with E-state index in [2.05, 4.69) is 0 Å². The van der Waals surface area contributed by atoms with Crippen LogP contribution in [-0.2, 0) is 14.3 Å². The van der Waals surface area contributed by atoms with Crippen molar-refractivity contribution in [2.75, 3.05) is 19.8 Å². The minimum Gasteiger partial charge on any atom is -0.484 e. The molecule has 0 unspecified atom stereocenters. The fourth-order valence-corrected chi connectivity index (χ4v) is 4.33. The minimum absolute atomic E-state index is 0.0339. The second kappa shape index (κ2) is 9.80. The van der Waals surface area contributed by atoms with E-state index in [0.29, 0.717) is 22.4 Å². The molecule has 2 saturated heterocycles. The highest BCUT2D eigenvalue weighted by atomic mass is 32.2. The number of amidine groups is 1. The van der Waals surface area contributed by atoms with Crippen LogP contribution in [0.3, 0.4) is 0 Å². The standard InChI is InChI=1S/C23H23N3O4S/c24-21(27)15-30-18-10-8-16(9-11-18)13-20-22(28)26(14-19-7-4-12-29-19)23(31-20)25-17-5-2-1-3-6-17/h1-3,5-6,8-11,13,19H,4,7,12,14-15H2,(H2,24,27)/b20-13+,25-23?/t19-/m0/s1. The third-order valence-electron chi connectivity index (χ3n) is 4.84. The zero-order valence-electron chi connectivity index (χ0n) is 16.9. The third-order valence-corrected chi connectivity index (χ3v) is 5.84. The van der Waals surface area contributed by atoms with Gasteiger partial charge in [-0.1, -0.05) is 30.3 Å². The van der Waals surface area contributed by atoms with E-state index in [1.165, 1.54) is 11.8 Å². The van der Waals surface area contributed by atoms with Gasteiger partial charge >= 0.3 is 0 Å². The average Bonchev–Trinajstić information content (AvgIpc) is 3.38. The lowest BCUT2D eigenvalue weighted by molar-refractivity contribution is -0.123. The molecule has 2 aliphatic heterocycles. The molecule has 2 aromatic carbocycles. The van der Waals surface area contributed by atoms with Gasteiger partial charge in [0.2, 0.25) is 0 Å². The number of aliphatic imine (C=N–C) groups is 1. The summed E-state index contributed by atoms with van der Waals surface area (Å²) in [6.45, 7) is 1.05. The minimum atomic E-state index is -0.532. The number of nitrogens with two attached hydrogens (primary N) is 1. The van der Waals surface area contributed by atoms with Crippen LogP contribution in [0.5, 0.6) is 5.75 Å². The summed E-state index contributed by atoms with van der Waals surface area (Å²) in [6, 6.07) is 16.7. The molecule has 2 fully saturated rings. The molecule has 2 aliphatic rings. The molecule has 7 nitrogen and oxygen atoms in total. The number of rotatable bonds is 7. The molecule has 31 heavy (non-hydrogen) atoms. The fourth-order valence-electron chi connectivity index (χ4n) is 3.32. The molecular formula is C23H23N3O4S. The van der Waals surface area contributed by atoms with Gasteiger partial charge in [0, 0.05) is 6.61 Å². The SMILES string of the molecule is NC(=O)COc1ccc(/C=C2/SC(=Nc3ccccc3)N(C[C@@H]3CCCO3)C2=O)cc1. The fraction of sp³-hybridized carbons (Fsp3) is 0.261. The van der Waals surface area contributed by atoms with E-state index in [-0.39, 0.29) is 18.6 Å². The summed E-state index contributed by atoms with van der Waals surface area (Å²) in [5, 5.41) is 0.652. The molecule has 4 rings (SSSR count). The van der Waals surface area contributed by atoms with Crippen LogP contribution in [0.15, 0.2) is 64.5 Å². The van der Waals surface area contributed by atoms with Crippen molar-refractivity contribution in [1.29, 1.82) is 0 Å². The van der Waals surface area contributed by atoms with Crippen molar-refractivity contribution in [2.24, 2.45) is 10.7 Å². The lowest BCUT2D eigenvalue weighted by Crippen LogP contribution is -2.36. The van der Waals surface area contributed by atoms with Gasteiger partial charge in [-0.25, -0.2) is 4.99 Å². The van der Waals surface area contributed by atoms with Gasteiger partial charge in [-0.2, -0.15) is 0 Å². The molecule has 0 radical (unpaired) electrons. The van der Waals surface area contributed by atoms with E-state index in [0.717, 1.165) is 30.7 Å². The molecule has 2 aromatic rings. The maximum absolute atomic E-state index is 13.2. The number of carbonyl (C=O) groups excluding carboxylic acids is 2. The van der Waals surface area contributed by atoms with Gasteiger partial charge in [0.1, 0.15) is 5.75 Å². The number of para-hydroxylation sites is 1. The smallest absolute Gasteiger partial charge is 0.266 e. The summed E-state index contributed by atoms with van der Waals surface area (Å²) in [7, 11) is 0. The number of amides is 2. The van der Waals surface area contributed by atoms with Gasteiger partial charge in [-0.15, -0.1) is 0 Å². The first-order valence-corrected chi connectivity index (χ1v) is 10.9. The van der Waals surface area contributed by atoms with Crippen molar-refractivity contribution in [1.82, 2.24) is 4.90 Å². The van der Waals surface area contributed by atoms with E-state index in [1.54, 1.807) is 17.0 Å². The van der Waals surface area contributed by atoms with Crippen LogP contribution in [0.2, 0.25) is 0 Å². The molecule has 0 aromatic heterocycles. The number of carbonyl (C=O) groups is 2. The Hall–Kier alpha value is -3.10. The largest absolute Gasteiger partial charge is 0.484 e. The summed E-state index contributed by atoms with van der Waals surface area (Å²) in [5.41, 5.74) is 6.74. The van der Waals surface area contributed by atoms with Gasteiger partial charge in [0.25, 0.3) is 11.8 Å². The number of ether oxygens (including phenoxy) is 2. The predicted molar refractivity (Wildman–Crippen MR) is 121 cm³/mol. The predicted octanol–water partition coefficient (Wildman–Crippen LogP) is 3.33. The van der Waals surface area contributed by atoms with Gasteiger partial charge in [-0.3, -0.25) is 14.5 Å². The lowest BCUT2D eigenvalue weighted by atomic mass is 10.2. The number of thioether (sulfide) groups is 1. The molecule has 0 saturated carbocycles. The van der Waals surface area contributed by atoms with Crippen LogP contribution in [0.1, 0.15) is 18.4 Å². The molecule has 2 amide bonds. The summed E-state index contributed by atoms with van der Waals surface area (Å²) in [5.74, 6) is -0.0716. The Morgan fingerprint density at radius 1 is 1.23 bits per heavy atom. The number of hydrogen-bond acceptors (Lipinski definition) is 6. The maximum atomic E-state index is 13.2. The van der Waals surface area contributed by atoms with Crippen LogP contribution in [-0.4, -0.2) is 47.7 Å². The zero-order chi connectivity index (χ0) is 21.6. The van der Waals surface area contributed by atoms with Crippen molar-refractivity contribution >= 4 is 40.5 Å². The molecule has 2 N–H and O–H groups in total. The Bertz CT molecular complexity index is 999. The number of primary amides is 1. The molecule has 1 atom stereocenters. The molecule has 8 heteroatoms. The van der Waals surface area contributed by atoms with Gasteiger partial charge < -0.3 is 15.2 Å². The van der Waals surface area contributed by atoms with Crippen molar-refractivity contribution in [3.63, 3.8) is 0 Å². The molecule has 160 valence electrons. The summed E-state index contributed by atoms with van der Waals surface area (Å²) < 4.78 is 11.0. The third kappa shape index (κ3) is 5.53. The zero-order valence-corrected chi connectivity index (χ0v) is 17.7. The van der Waals surface area contributed by atoms with Gasteiger partial charge in [0.15, 0.2) is 11.8 Å². The molecule has 0 bridgehead atoms. The Kier molecular flexibility index (Phi) is 6.69. The monoisotopic (exact) mass is 437 g/mol. The molecule has 2 heterocycles. The molecule has 0 aliphatic carbocycles. The number of benzene rings is 2. The number of nitrogens with zero attached hydrogens (tertiary/aromatic N) is 2. The Morgan fingerprint density at radius 3 is 2.68 bits per heavy atom. The van der Waals surface area contributed by atoms with E-state index in [4.69, 9.17) is 20.2 Å². The molecule has 0 spiro atoms. The molecular weight excluding hydrogens is 414 g/mol. The number of hydrogen-bond donors (Lipinski definition) is 1. The van der Waals surface area contributed by atoms with E-state index in [9.17, 15) is 9.59 Å². The van der Waals surface area contributed by atoms with Gasteiger partial charge in [-0.05, 0) is 60.5 Å². The first kappa shape index (κ1) is 21.1.